The molecule has 1 atom stereocenters. The number of benzene rings is 1. The van der Waals surface area contributed by atoms with E-state index in [1.807, 2.05) is 0 Å². The molecule has 0 aromatic heterocycles. The number of amides is 2. The van der Waals surface area contributed by atoms with Gasteiger partial charge in [0.05, 0.1) is 6.61 Å². The van der Waals surface area contributed by atoms with Crippen LogP contribution in [0, 0.1) is 3.57 Å². The molecule has 6 nitrogen and oxygen atoms in total. The molecular formula is C10H11IN2O4. The minimum Gasteiger partial charge on any atom is -0.480 e. The van der Waals surface area contributed by atoms with Gasteiger partial charge in [0.1, 0.15) is 0 Å². The zero-order valence-electron chi connectivity index (χ0n) is 8.68. The number of hydrogen-bond acceptors (Lipinski definition) is 3. The Morgan fingerprint density at radius 1 is 1.29 bits per heavy atom. The monoisotopic (exact) mass is 350 g/mol. The summed E-state index contributed by atoms with van der Waals surface area (Å²) in [6.45, 7) is -0.657. The van der Waals surface area contributed by atoms with E-state index >= 15 is 0 Å². The van der Waals surface area contributed by atoms with Crippen LogP contribution in [-0.4, -0.2) is 34.9 Å². The number of halogens is 1. The summed E-state index contributed by atoms with van der Waals surface area (Å²) < 4.78 is 1.02. The second-order valence-electron chi connectivity index (χ2n) is 3.18. The number of carbonyl (C=O) groups excluding carboxylic acids is 1. The number of anilines is 1. The van der Waals surface area contributed by atoms with Crippen LogP contribution in [0.5, 0.6) is 0 Å². The number of aliphatic hydroxyl groups excluding tert-OH is 1. The molecule has 0 radical (unpaired) electrons. The van der Waals surface area contributed by atoms with E-state index in [0.29, 0.717) is 5.69 Å². The molecule has 0 heterocycles. The molecular weight excluding hydrogens is 339 g/mol. The Morgan fingerprint density at radius 2 is 1.88 bits per heavy atom. The van der Waals surface area contributed by atoms with E-state index in [1.165, 1.54) is 0 Å². The van der Waals surface area contributed by atoms with Crippen LogP contribution in [0.25, 0.3) is 0 Å². The maximum absolute atomic E-state index is 11.4. The lowest BCUT2D eigenvalue weighted by Crippen LogP contribution is -2.45. The lowest BCUT2D eigenvalue weighted by molar-refractivity contribution is -0.140. The zero-order chi connectivity index (χ0) is 12.8. The van der Waals surface area contributed by atoms with Gasteiger partial charge in [-0.05, 0) is 46.9 Å². The molecule has 0 aliphatic heterocycles. The van der Waals surface area contributed by atoms with Crippen LogP contribution < -0.4 is 10.6 Å². The first kappa shape index (κ1) is 13.7. The number of aliphatic hydroxyl groups is 1. The standard InChI is InChI=1S/C10H11IN2O4/c11-6-1-3-7(4-2-6)12-10(17)13-8(5-14)9(15)16/h1-4,8,14H,5H2,(H,15,16)(H2,12,13,17)/t8-/m0/s1. The zero-order valence-corrected chi connectivity index (χ0v) is 10.8. The fourth-order valence-electron chi connectivity index (χ4n) is 1.04. The maximum atomic E-state index is 11.4. The predicted octanol–water partition coefficient (Wildman–Crippen LogP) is 0.858. The van der Waals surface area contributed by atoms with Crippen LogP contribution in [-0.2, 0) is 4.79 Å². The predicted molar refractivity (Wildman–Crippen MR) is 69.8 cm³/mol. The average molecular weight is 350 g/mol. The van der Waals surface area contributed by atoms with Crippen LogP contribution in [0.15, 0.2) is 24.3 Å². The molecule has 0 unspecified atom stereocenters. The van der Waals surface area contributed by atoms with Gasteiger partial charge in [-0.3, -0.25) is 0 Å². The SMILES string of the molecule is O=C(Nc1ccc(I)cc1)N[C@@H](CO)C(=O)O. The number of hydrogen-bond donors (Lipinski definition) is 4. The molecule has 17 heavy (non-hydrogen) atoms. The summed E-state index contributed by atoms with van der Waals surface area (Å²) in [6, 6.07) is 5.01. The molecule has 0 bridgehead atoms. The number of carboxylic acids is 1. The number of urea groups is 1. The van der Waals surface area contributed by atoms with Crippen molar-refractivity contribution in [2.75, 3.05) is 11.9 Å². The van der Waals surface area contributed by atoms with Crippen LogP contribution in [0.3, 0.4) is 0 Å². The smallest absolute Gasteiger partial charge is 0.328 e. The van der Waals surface area contributed by atoms with Crippen molar-refractivity contribution in [1.29, 1.82) is 0 Å². The number of nitrogens with one attached hydrogen (secondary N) is 2. The Hall–Kier alpha value is -1.35. The van der Waals surface area contributed by atoms with Crippen molar-refractivity contribution < 1.29 is 19.8 Å². The van der Waals surface area contributed by atoms with Crippen molar-refractivity contribution in [3.63, 3.8) is 0 Å². The number of carbonyl (C=O) groups is 2. The van der Waals surface area contributed by atoms with Gasteiger partial charge in [0.2, 0.25) is 0 Å². The molecule has 4 N–H and O–H groups in total. The van der Waals surface area contributed by atoms with Crippen LogP contribution in [0.2, 0.25) is 0 Å². The van der Waals surface area contributed by atoms with Gasteiger partial charge in [-0.2, -0.15) is 0 Å². The van der Waals surface area contributed by atoms with E-state index < -0.39 is 24.6 Å². The van der Waals surface area contributed by atoms with E-state index in [1.54, 1.807) is 24.3 Å². The normalized spacial score (nSPS) is 11.6. The Labute approximate surface area is 111 Å². The Bertz CT molecular complexity index is 407. The Morgan fingerprint density at radius 3 is 2.35 bits per heavy atom. The van der Waals surface area contributed by atoms with Crippen molar-refractivity contribution in [2.24, 2.45) is 0 Å². The summed E-state index contributed by atoms with van der Waals surface area (Å²) in [6.07, 6.45) is 0. The summed E-state index contributed by atoms with van der Waals surface area (Å²) >= 11 is 2.13. The highest BCUT2D eigenvalue weighted by Gasteiger charge is 2.18. The molecule has 0 saturated carbocycles. The molecule has 2 amide bonds. The average Bonchev–Trinajstić information content (AvgIpc) is 2.28. The van der Waals surface area contributed by atoms with Crippen molar-refractivity contribution in [3.8, 4) is 0 Å². The number of carboxylic acid groups (broad SMARTS) is 1. The third-order valence-corrected chi connectivity index (χ3v) is 2.61. The van der Waals surface area contributed by atoms with Gasteiger partial charge in [0, 0.05) is 9.26 Å². The summed E-state index contributed by atoms with van der Waals surface area (Å²) in [7, 11) is 0. The fraction of sp³-hybridized carbons (Fsp3) is 0.200. The second-order valence-corrected chi connectivity index (χ2v) is 4.42. The lowest BCUT2D eigenvalue weighted by Gasteiger charge is -2.12. The van der Waals surface area contributed by atoms with E-state index in [-0.39, 0.29) is 0 Å². The van der Waals surface area contributed by atoms with E-state index in [0.717, 1.165) is 3.57 Å². The Balaban J connectivity index is 2.54. The van der Waals surface area contributed by atoms with Gasteiger partial charge >= 0.3 is 12.0 Å². The van der Waals surface area contributed by atoms with Crippen molar-refractivity contribution in [3.05, 3.63) is 27.8 Å². The first-order valence-corrected chi connectivity index (χ1v) is 5.77. The van der Waals surface area contributed by atoms with Gasteiger partial charge in [0.25, 0.3) is 0 Å². The molecule has 92 valence electrons. The van der Waals surface area contributed by atoms with Crippen LogP contribution >= 0.6 is 22.6 Å². The molecule has 0 aliphatic rings. The van der Waals surface area contributed by atoms with E-state index in [4.69, 9.17) is 10.2 Å². The topological polar surface area (TPSA) is 98.7 Å². The molecule has 1 aromatic carbocycles. The Kier molecular flexibility index (Phi) is 5.16. The summed E-state index contributed by atoms with van der Waals surface area (Å²) in [5, 5.41) is 21.9. The fourth-order valence-corrected chi connectivity index (χ4v) is 1.40. The highest BCUT2D eigenvalue weighted by atomic mass is 127. The summed E-state index contributed by atoms with van der Waals surface area (Å²) in [4.78, 5) is 21.9. The van der Waals surface area contributed by atoms with Crippen LogP contribution in [0.1, 0.15) is 0 Å². The first-order chi connectivity index (χ1) is 8.02. The van der Waals surface area contributed by atoms with Gasteiger partial charge in [-0.15, -0.1) is 0 Å². The molecule has 0 aliphatic carbocycles. The van der Waals surface area contributed by atoms with Gasteiger partial charge in [-0.25, -0.2) is 9.59 Å². The molecule has 1 aromatic rings. The van der Waals surface area contributed by atoms with Crippen LogP contribution in [0.4, 0.5) is 10.5 Å². The van der Waals surface area contributed by atoms with Crippen molar-refractivity contribution in [1.82, 2.24) is 5.32 Å². The molecule has 0 spiro atoms. The highest BCUT2D eigenvalue weighted by Crippen LogP contribution is 2.10. The molecule has 0 fully saturated rings. The van der Waals surface area contributed by atoms with Crippen molar-refractivity contribution >= 4 is 40.3 Å². The summed E-state index contributed by atoms with van der Waals surface area (Å²) in [5.74, 6) is -1.29. The third-order valence-electron chi connectivity index (χ3n) is 1.89. The molecule has 1 rings (SSSR count). The summed E-state index contributed by atoms with van der Waals surface area (Å²) in [5.41, 5.74) is 0.546. The van der Waals surface area contributed by atoms with E-state index in [2.05, 4.69) is 33.2 Å². The van der Waals surface area contributed by atoms with Crippen molar-refractivity contribution in [2.45, 2.75) is 6.04 Å². The third kappa shape index (κ3) is 4.57. The number of rotatable bonds is 4. The second kappa shape index (κ2) is 6.40. The molecule has 0 saturated heterocycles. The van der Waals surface area contributed by atoms with Gasteiger partial charge in [-0.1, -0.05) is 0 Å². The largest absolute Gasteiger partial charge is 0.480 e. The minimum absolute atomic E-state index is 0.546. The highest BCUT2D eigenvalue weighted by molar-refractivity contribution is 14.1. The van der Waals surface area contributed by atoms with E-state index in [9.17, 15) is 9.59 Å². The lowest BCUT2D eigenvalue weighted by atomic mass is 10.3. The number of aliphatic carboxylic acids is 1. The minimum atomic E-state index is -1.31. The first-order valence-electron chi connectivity index (χ1n) is 4.69. The van der Waals surface area contributed by atoms with Gasteiger partial charge in [0.15, 0.2) is 6.04 Å². The van der Waals surface area contributed by atoms with Gasteiger partial charge < -0.3 is 20.8 Å². The maximum Gasteiger partial charge on any atom is 0.328 e. The molecule has 7 heteroatoms. The quantitative estimate of drug-likeness (QED) is 0.606.